The summed E-state index contributed by atoms with van der Waals surface area (Å²) in [6.07, 6.45) is 0.677. The molecule has 0 fully saturated rings. The molecule has 0 aliphatic rings. The number of thioether (sulfide) groups is 1. The van der Waals surface area contributed by atoms with Crippen LogP contribution in [0.1, 0.15) is 48.1 Å². The fourth-order valence-electron chi connectivity index (χ4n) is 3.42. The highest BCUT2D eigenvalue weighted by Gasteiger charge is 2.24. The summed E-state index contributed by atoms with van der Waals surface area (Å²) in [6.45, 7) is 6.10. The fraction of sp³-hybridized carbons (Fsp3) is 0.333. The number of halogens is 2. The number of nitrogens with zero attached hydrogens (tertiary/aromatic N) is 3. The van der Waals surface area contributed by atoms with Crippen LogP contribution in [0.15, 0.2) is 52.1 Å². The topological polar surface area (TPSA) is 88.9 Å². The molecule has 180 valence electrons. The number of amides is 2. The van der Waals surface area contributed by atoms with Crippen LogP contribution in [-0.2, 0) is 11.8 Å². The van der Waals surface area contributed by atoms with E-state index in [1.54, 1.807) is 24.3 Å². The minimum Gasteiger partial charge on any atom is -0.342 e. The van der Waals surface area contributed by atoms with Crippen molar-refractivity contribution in [1.29, 1.82) is 0 Å². The molecule has 0 unspecified atom stereocenters. The van der Waals surface area contributed by atoms with Crippen LogP contribution in [0.2, 0.25) is 5.02 Å². The van der Waals surface area contributed by atoms with Gasteiger partial charge in [0.25, 0.3) is 5.91 Å². The second kappa shape index (κ2) is 11.9. The van der Waals surface area contributed by atoms with Gasteiger partial charge in [0.15, 0.2) is 11.0 Å². The molecule has 3 aromatic rings. The Kier molecular flexibility index (Phi) is 9.16. The van der Waals surface area contributed by atoms with E-state index in [1.807, 2.05) is 36.7 Å². The van der Waals surface area contributed by atoms with Crippen molar-refractivity contribution in [2.75, 3.05) is 11.1 Å². The highest BCUT2D eigenvalue weighted by atomic mass is 79.9. The molecule has 2 amide bonds. The minimum atomic E-state index is -0.352. The number of anilines is 1. The third-order valence-corrected chi connectivity index (χ3v) is 6.95. The maximum Gasteiger partial charge on any atom is 0.253 e. The third-order valence-electron chi connectivity index (χ3n) is 5.11. The van der Waals surface area contributed by atoms with Crippen LogP contribution in [0.5, 0.6) is 0 Å². The molecule has 1 aromatic heterocycles. The first kappa shape index (κ1) is 26.2. The summed E-state index contributed by atoms with van der Waals surface area (Å²) in [6, 6.07) is 12.3. The molecule has 0 aliphatic heterocycles. The maximum absolute atomic E-state index is 12.9. The number of rotatable bonds is 9. The van der Waals surface area contributed by atoms with Gasteiger partial charge >= 0.3 is 0 Å². The Balaban J connectivity index is 1.69. The SMILES string of the molecule is Cc1cc(Br)ccc1NC(=O)CSc1nnc([C@@H](CC(C)C)NC(=O)c2ccccc2Cl)n1C. The average Bonchev–Trinajstić information content (AvgIpc) is 3.14. The van der Waals surface area contributed by atoms with Crippen molar-refractivity contribution >= 4 is 56.8 Å². The zero-order valence-corrected chi connectivity index (χ0v) is 22.6. The van der Waals surface area contributed by atoms with Crippen LogP contribution in [0.4, 0.5) is 5.69 Å². The van der Waals surface area contributed by atoms with E-state index in [0.717, 1.165) is 15.7 Å². The molecule has 0 saturated carbocycles. The summed E-state index contributed by atoms with van der Waals surface area (Å²) in [5, 5.41) is 15.6. The molecule has 2 N–H and O–H groups in total. The Morgan fingerprint density at radius 3 is 2.59 bits per heavy atom. The largest absolute Gasteiger partial charge is 0.342 e. The van der Waals surface area contributed by atoms with Gasteiger partial charge in [-0.2, -0.15) is 0 Å². The number of benzene rings is 2. The van der Waals surface area contributed by atoms with E-state index in [2.05, 4.69) is 50.6 Å². The lowest BCUT2D eigenvalue weighted by molar-refractivity contribution is -0.113. The molecular weight excluding hydrogens is 538 g/mol. The molecule has 0 radical (unpaired) electrons. The minimum absolute atomic E-state index is 0.134. The molecule has 0 aliphatic carbocycles. The van der Waals surface area contributed by atoms with E-state index in [1.165, 1.54) is 11.8 Å². The first-order valence-corrected chi connectivity index (χ1v) is 12.9. The Morgan fingerprint density at radius 2 is 1.91 bits per heavy atom. The first-order valence-electron chi connectivity index (χ1n) is 10.8. The molecular formula is C24H27BrClN5O2S. The van der Waals surface area contributed by atoms with Crippen molar-refractivity contribution < 1.29 is 9.59 Å². The molecule has 0 spiro atoms. The van der Waals surface area contributed by atoms with Crippen LogP contribution in [0.3, 0.4) is 0 Å². The number of hydrogen-bond donors (Lipinski definition) is 2. The normalized spacial score (nSPS) is 12.0. The smallest absolute Gasteiger partial charge is 0.253 e. The summed E-state index contributed by atoms with van der Waals surface area (Å²) in [5.74, 6) is 0.718. The maximum atomic E-state index is 12.9. The Hall–Kier alpha value is -2.36. The third kappa shape index (κ3) is 6.84. The van der Waals surface area contributed by atoms with Crippen LogP contribution >= 0.6 is 39.3 Å². The van der Waals surface area contributed by atoms with Gasteiger partial charge in [0.05, 0.1) is 22.4 Å². The Labute approximate surface area is 217 Å². The van der Waals surface area contributed by atoms with Crippen LogP contribution in [-0.4, -0.2) is 32.3 Å². The molecule has 7 nitrogen and oxygen atoms in total. The Morgan fingerprint density at radius 1 is 1.18 bits per heavy atom. The summed E-state index contributed by atoms with van der Waals surface area (Å²) < 4.78 is 2.78. The number of aromatic nitrogens is 3. The van der Waals surface area contributed by atoms with Gasteiger partial charge in [0.1, 0.15) is 0 Å². The zero-order valence-electron chi connectivity index (χ0n) is 19.4. The molecule has 10 heteroatoms. The fourth-order valence-corrected chi connectivity index (χ4v) is 4.84. The van der Waals surface area contributed by atoms with Gasteiger partial charge in [0.2, 0.25) is 5.91 Å². The van der Waals surface area contributed by atoms with Gasteiger partial charge in [-0.3, -0.25) is 9.59 Å². The van der Waals surface area contributed by atoms with Crippen molar-refractivity contribution in [2.45, 2.75) is 38.4 Å². The van der Waals surface area contributed by atoms with Crippen molar-refractivity contribution in [3.8, 4) is 0 Å². The number of aryl methyl sites for hydroxylation is 1. The van der Waals surface area contributed by atoms with E-state index in [-0.39, 0.29) is 23.6 Å². The molecule has 34 heavy (non-hydrogen) atoms. The molecule has 0 bridgehead atoms. The van der Waals surface area contributed by atoms with Crippen molar-refractivity contribution in [3.05, 3.63) is 68.9 Å². The van der Waals surface area contributed by atoms with Gasteiger partial charge in [-0.25, -0.2) is 0 Å². The van der Waals surface area contributed by atoms with E-state index >= 15 is 0 Å². The van der Waals surface area contributed by atoms with Gasteiger partial charge in [-0.1, -0.05) is 65.3 Å². The Bertz CT molecular complexity index is 1180. The summed E-state index contributed by atoms with van der Waals surface area (Å²) >= 11 is 10.9. The summed E-state index contributed by atoms with van der Waals surface area (Å²) in [7, 11) is 1.84. The van der Waals surface area contributed by atoms with Crippen LogP contribution in [0.25, 0.3) is 0 Å². The second-order valence-electron chi connectivity index (χ2n) is 8.33. The van der Waals surface area contributed by atoms with Crippen LogP contribution < -0.4 is 10.6 Å². The molecule has 1 atom stereocenters. The molecule has 3 rings (SSSR count). The number of hydrogen-bond acceptors (Lipinski definition) is 5. The average molecular weight is 565 g/mol. The highest BCUT2D eigenvalue weighted by molar-refractivity contribution is 9.10. The van der Waals surface area contributed by atoms with Crippen LogP contribution in [0, 0.1) is 12.8 Å². The van der Waals surface area contributed by atoms with E-state index in [0.29, 0.717) is 33.9 Å². The monoisotopic (exact) mass is 563 g/mol. The van der Waals surface area contributed by atoms with Gasteiger partial charge < -0.3 is 15.2 Å². The summed E-state index contributed by atoms with van der Waals surface area (Å²) in [4.78, 5) is 25.4. The highest BCUT2D eigenvalue weighted by Crippen LogP contribution is 2.26. The van der Waals surface area contributed by atoms with Crippen molar-refractivity contribution in [2.24, 2.45) is 13.0 Å². The molecule has 1 heterocycles. The number of carbonyl (C=O) groups excluding carboxylic acids is 2. The first-order chi connectivity index (χ1) is 16.2. The molecule has 2 aromatic carbocycles. The standard InChI is InChI=1S/C24H27BrClN5O2S/c1-14(2)11-20(28-23(33)17-7-5-6-8-18(17)26)22-29-30-24(31(22)4)34-13-21(32)27-19-10-9-16(25)12-15(19)3/h5-10,12,14,20H,11,13H2,1-4H3,(H,27,32)(H,28,33)/t20-/m1/s1. The number of carbonyl (C=O) groups is 2. The quantitative estimate of drug-likeness (QED) is 0.321. The lowest BCUT2D eigenvalue weighted by Crippen LogP contribution is -2.31. The van der Waals surface area contributed by atoms with Gasteiger partial charge in [-0.15, -0.1) is 10.2 Å². The van der Waals surface area contributed by atoms with Gasteiger partial charge in [-0.05, 0) is 55.2 Å². The lowest BCUT2D eigenvalue weighted by atomic mass is 10.0. The molecule has 0 saturated heterocycles. The van der Waals surface area contributed by atoms with E-state index < -0.39 is 0 Å². The number of nitrogens with one attached hydrogen (secondary N) is 2. The predicted octanol–water partition coefficient (Wildman–Crippen LogP) is 5.79. The van der Waals surface area contributed by atoms with Crippen molar-refractivity contribution in [1.82, 2.24) is 20.1 Å². The van der Waals surface area contributed by atoms with Crippen molar-refractivity contribution in [3.63, 3.8) is 0 Å². The second-order valence-corrected chi connectivity index (χ2v) is 10.6. The summed E-state index contributed by atoms with van der Waals surface area (Å²) in [5.41, 5.74) is 2.15. The predicted molar refractivity (Wildman–Crippen MR) is 140 cm³/mol. The van der Waals surface area contributed by atoms with E-state index in [4.69, 9.17) is 11.6 Å². The van der Waals surface area contributed by atoms with Gasteiger partial charge in [0, 0.05) is 17.2 Å². The van der Waals surface area contributed by atoms with E-state index in [9.17, 15) is 9.59 Å². The zero-order chi connectivity index (χ0) is 24.8. The lowest BCUT2D eigenvalue weighted by Gasteiger charge is -2.20.